The lowest BCUT2D eigenvalue weighted by Gasteiger charge is -2.24. The maximum Gasteiger partial charge on any atom is 0.0443 e. The number of hydrogen-bond acceptors (Lipinski definition) is 1. The summed E-state index contributed by atoms with van der Waals surface area (Å²) in [5.41, 5.74) is 3.95. The van der Waals surface area contributed by atoms with E-state index < -0.39 is 0 Å². The van der Waals surface area contributed by atoms with Gasteiger partial charge in [-0.05, 0) is 74.9 Å². The van der Waals surface area contributed by atoms with Gasteiger partial charge in [0.25, 0.3) is 0 Å². The summed E-state index contributed by atoms with van der Waals surface area (Å²) in [7, 11) is 0. The lowest BCUT2D eigenvalue weighted by atomic mass is 9.90. The summed E-state index contributed by atoms with van der Waals surface area (Å²) >= 11 is 6.33. The van der Waals surface area contributed by atoms with Crippen LogP contribution in [0.5, 0.6) is 0 Å². The van der Waals surface area contributed by atoms with Gasteiger partial charge in [0.2, 0.25) is 0 Å². The average molecular weight is 238 g/mol. The molecule has 1 fully saturated rings. The molecule has 16 heavy (non-hydrogen) atoms. The van der Waals surface area contributed by atoms with E-state index in [4.69, 9.17) is 11.6 Å². The summed E-state index contributed by atoms with van der Waals surface area (Å²) in [6.45, 7) is 6.59. The zero-order chi connectivity index (χ0) is 11.5. The monoisotopic (exact) mass is 237 g/mol. The molecular formula is C14H20ClN. The van der Waals surface area contributed by atoms with E-state index in [9.17, 15) is 0 Å². The predicted octanol–water partition coefficient (Wildman–Crippen LogP) is 3.50. The molecule has 1 aromatic carbocycles. The van der Waals surface area contributed by atoms with Crippen LogP contribution in [0.3, 0.4) is 0 Å². The Morgan fingerprint density at radius 1 is 1.38 bits per heavy atom. The normalized spacial score (nSPS) is 21.1. The molecule has 2 heteroatoms. The van der Waals surface area contributed by atoms with E-state index in [1.54, 1.807) is 0 Å². The van der Waals surface area contributed by atoms with E-state index in [0.29, 0.717) is 0 Å². The third-order valence-electron chi connectivity index (χ3n) is 3.45. The van der Waals surface area contributed by atoms with Gasteiger partial charge in [0.05, 0.1) is 0 Å². The Hall–Kier alpha value is -0.530. The molecule has 0 radical (unpaired) electrons. The minimum atomic E-state index is 0.757. The first-order valence-electron chi connectivity index (χ1n) is 6.13. The van der Waals surface area contributed by atoms with E-state index in [2.05, 4.69) is 31.3 Å². The van der Waals surface area contributed by atoms with Crippen LogP contribution in [-0.2, 0) is 6.42 Å². The van der Waals surface area contributed by atoms with Gasteiger partial charge in [-0.2, -0.15) is 0 Å². The van der Waals surface area contributed by atoms with Gasteiger partial charge in [-0.15, -0.1) is 0 Å². The van der Waals surface area contributed by atoms with Crippen molar-refractivity contribution in [2.75, 3.05) is 13.1 Å². The van der Waals surface area contributed by atoms with Crippen LogP contribution in [0.2, 0.25) is 5.02 Å². The van der Waals surface area contributed by atoms with Crippen molar-refractivity contribution < 1.29 is 0 Å². The lowest BCUT2D eigenvalue weighted by molar-refractivity contribution is 0.375. The molecule has 1 atom stereocenters. The maximum absolute atomic E-state index is 6.33. The predicted molar refractivity (Wildman–Crippen MR) is 70.2 cm³/mol. The molecule has 1 nitrogen and oxygen atoms in total. The summed E-state index contributed by atoms with van der Waals surface area (Å²) in [5, 5.41) is 4.41. The van der Waals surface area contributed by atoms with Crippen LogP contribution >= 0.6 is 11.6 Å². The van der Waals surface area contributed by atoms with Crippen molar-refractivity contribution in [3.63, 3.8) is 0 Å². The number of aryl methyl sites for hydroxylation is 2. The SMILES string of the molecule is Cc1cc(C)c(CC2CCCNC2)c(Cl)c1. The molecule has 88 valence electrons. The number of halogens is 1. The molecular weight excluding hydrogens is 218 g/mol. The van der Waals surface area contributed by atoms with Crippen LogP contribution in [-0.4, -0.2) is 13.1 Å². The topological polar surface area (TPSA) is 12.0 Å². The average Bonchev–Trinajstić information content (AvgIpc) is 2.25. The molecule has 1 N–H and O–H groups in total. The number of hydrogen-bond donors (Lipinski definition) is 1. The summed E-state index contributed by atoms with van der Waals surface area (Å²) in [6, 6.07) is 4.32. The number of piperidine rings is 1. The Labute approximate surface area is 103 Å². The third-order valence-corrected chi connectivity index (χ3v) is 3.79. The first-order valence-corrected chi connectivity index (χ1v) is 6.51. The van der Waals surface area contributed by atoms with Crippen molar-refractivity contribution in [2.45, 2.75) is 33.1 Å². The van der Waals surface area contributed by atoms with Crippen molar-refractivity contribution >= 4 is 11.6 Å². The zero-order valence-electron chi connectivity index (χ0n) is 10.1. The van der Waals surface area contributed by atoms with Crippen molar-refractivity contribution in [3.05, 3.63) is 33.8 Å². The molecule has 0 saturated carbocycles. The smallest absolute Gasteiger partial charge is 0.0443 e. The summed E-state index contributed by atoms with van der Waals surface area (Å²) in [5.74, 6) is 0.757. The quantitative estimate of drug-likeness (QED) is 0.830. The Bertz CT molecular complexity index is 344. The van der Waals surface area contributed by atoms with Gasteiger partial charge in [-0.25, -0.2) is 0 Å². The van der Waals surface area contributed by atoms with Crippen LogP contribution in [0.15, 0.2) is 12.1 Å². The van der Waals surface area contributed by atoms with Crippen molar-refractivity contribution in [1.82, 2.24) is 5.32 Å². The third kappa shape index (κ3) is 2.78. The molecule has 1 aromatic rings. The van der Waals surface area contributed by atoms with Gasteiger partial charge in [-0.3, -0.25) is 0 Å². The highest BCUT2D eigenvalue weighted by molar-refractivity contribution is 6.31. The molecule has 0 bridgehead atoms. The Balaban J connectivity index is 2.14. The largest absolute Gasteiger partial charge is 0.316 e. The van der Waals surface area contributed by atoms with E-state index in [1.165, 1.54) is 36.1 Å². The first kappa shape index (κ1) is 11.9. The van der Waals surface area contributed by atoms with Gasteiger partial charge in [-0.1, -0.05) is 17.7 Å². The van der Waals surface area contributed by atoms with Gasteiger partial charge >= 0.3 is 0 Å². The minimum Gasteiger partial charge on any atom is -0.316 e. The van der Waals surface area contributed by atoms with Crippen molar-refractivity contribution in [1.29, 1.82) is 0 Å². The highest BCUT2D eigenvalue weighted by Gasteiger charge is 2.16. The summed E-state index contributed by atoms with van der Waals surface area (Å²) < 4.78 is 0. The molecule has 1 heterocycles. The fraction of sp³-hybridized carbons (Fsp3) is 0.571. The molecule has 1 aliphatic heterocycles. The van der Waals surface area contributed by atoms with E-state index in [1.807, 2.05) is 0 Å². The standard InChI is InChI=1S/C14H20ClN/c1-10-6-11(2)13(14(15)7-10)8-12-4-3-5-16-9-12/h6-7,12,16H,3-5,8-9H2,1-2H3. The van der Waals surface area contributed by atoms with Crippen molar-refractivity contribution in [3.8, 4) is 0 Å². The second-order valence-corrected chi connectivity index (χ2v) is 5.37. The molecule has 1 saturated heterocycles. The lowest BCUT2D eigenvalue weighted by Crippen LogP contribution is -2.31. The number of benzene rings is 1. The Morgan fingerprint density at radius 3 is 2.81 bits per heavy atom. The van der Waals surface area contributed by atoms with Crippen LogP contribution in [0, 0.1) is 19.8 Å². The fourth-order valence-corrected chi connectivity index (χ4v) is 2.99. The summed E-state index contributed by atoms with van der Waals surface area (Å²) in [4.78, 5) is 0. The van der Waals surface area contributed by atoms with Crippen LogP contribution in [0.4, 0.5) is 0 Å². The van der Waals surface area contributed by atoms with E-state index in [0.717, 1.165) is 23.9 Å². The van der Waals surface area contributed by atoms with Crippen LogP contribution < -0.4 is 5.32 Å². The minimum absolute atomic E-state index is 0.757. The van der Waals surface area contributed by atoms with Gasteiger partial charge in [0.15, 0.2) is 0 Å². The fourth-order valence-electron chi connectivity index (χ4n) is 2.59. The van der Waals surface area contributed by atoms with E-state index in [-0.39, 0.29) is 0 Å². The molecule has 0 amide bonds. The van der Waals surface area contributed by atoms with E-state index >= 15 is 0 Å². The molecule has 0 aliphatic carbocycles. The maximum atomic E-state index is 6.33. The highest BCUT2D eigenvalue weighted by Crippen LogP contribution is 2.26. The first-order chi connectivity index (χ1) is 7.66. The van der Waals surface area contributed by atoms with Crippen LogP contribution in [0.25, 0.3) is 0 Å². The molecule has 0 aromatic heterocycles. The molecule has 0 spiro atoms. The van der Waals surface area contributed by atoms with Gasteiger partial charge in [0.1, 0.15) is 0 Å². The second-order valence-electron chi connectivity index (χ2n) is 4.96. The number of rotatable bonds is 2. The Morgan fingerprint density at radius 2 is 2.19 bits per heavy atom. The molecule has 2 rings (SSSR count). The second kappa shape index (κ2) is 5.20. The number of nitrogens with one attached hydrogen (secondary N) is 1. The molecule has 1 aliphatic rings. The summed E-state index contributed by atoms with van der Waals surface area (Å²) in [6.07, 6.45) is 3.75. The van der Waals surface area contributed by atoms with Gasteiger partial charge in [0, 0.05) is 5.02 Å². The Kier molecular flexibility index (Phi) is 3.88. The highest BCUT2D eigenvalue weighted by atomic mass is 35.5. The van der Waals surface area contributed by atoms with Gasteiger partial charge < -0.3 is 5.32 Å². The van der Waals surface area contributed by atoms with Crippen molar-refractivity contribution in [2.24, 2.45) is 5.92 Å². The molecule has 1 unspecified atom stereocenters. The van der Waals surface area contributed by atoms with Crippen LogP contribution in [0.1, 0.15) is 29.5 Å². The zero-order valence-corrected chi connectivity index (χ0v) is 10.9.